The fourth-order valence-corrected chi connectivity index (χ4v) is 3.54. The number of rotatable bonds is 4. The molecule has 1 saturated heterocycles. The largest absolute Gasteiger partial charge is 0.341 e. The smallest absolute Gasteiger partial charge is 0.238 e. The van der Waals surface area contributed by atoms with E-state index < -0.39 is 15.6 Å². The molecule has 1 atom stereocenters. The van der Waals surface area contributed by atoms with E-state index in [1.54, 1.807) is 7.05 Å². The number of likely N-dealkylation sites (N-methyl/N-ethyl adjacent to an activating group) is 1. The third kappa shape index (κ3) is 4.57. The standard InChI is InChI=1S/C13H17ClN2O3S.ClH/c1-16(11-6-7-15-8-11)13(17)9-20(18,19)12-4-2-10(14)3-5-12;/h2-5,11,15H,6-9H2,1H3;1H. The molecule has 1 aliphatic rings. The Morgan fingerprint density at radius 2 is 2.00 bits per heavy atom. The molecule has 1 amide bonds. The molecule has 1 fully saturated rings. The van der Waals surface area contributed by atoms with Gasteiger partial charge in [-0.25, -0.2) is 8.42 Å². The van der Waals surface area contributed by atoms with Gasteiger partial charge in [-0.15, -0.1) is 12.4 Å². The molecule has 0 aromatic heterocycles. The van der Waals surface area contributed by atoms with Gasteiger partial charge in [-0.2, -0.15) is 0 Å². The summed E-state index contributed by atoms with van der Waals surface area (Å²) >= 11 is 5.73. The van der Waals surface area contributed by atoms with Gasteiger partial charge in [-0.05, 0) is 37.2 Å². The fourth-order valence-electron chi connectivity index (χ4n) is 2.16. The van der Waals surface area contributed by atoms with E-state index in [4.69, 9.17) is 11.6 Å². The van der Waals surface area contributed by atoms with Crippen LogP contribution in [0.4, 0.5) is 0 Å². The van der Waals surface area contributed by atoms with Gasteiger partial charge < -0.3 is 10.2 Å². The van der Waals surface area contributed by atoms with Gasteiger partial charge in [-0.3, -0.25) is 4.79 Å². The van der Waals surface area contributed by atoms with E-state index in [9.17, 15) is 13.2 Å². The molecule has 118 valence electrons. The summed E-state index contributed by atoms with van der Waals surface area (Å²) < 4.78 is 24.3. The number of halogens is 2. The van der Waals surface area contributed by atoms with Crippen LogP contribution < -0.4 is 5.32 Å². The number of amides is 1. The average Bonchev–Trinajstić information content (AvgIpc) is 2.91. The number of carbonyl (C=O) groups is 1. The Bertz CT molecular complexity index is 584. The highest BCUT2D eigenvalue weighted by Gasteiger charge is 2.27. The summed E-state index contributed by atoms with van der Waals surface area (Å²) in [5, 5.41) is 3.61. The minimum atomic E-state index is -3.62. The van der Waals surface area contributed by atoms with Crippen LogP contribution >= 0.6 is 24.0 Å². The maximum atomic E-state index is 12.2. The van der Waals surface area contributed by atoms with E-state index in [2.05, 4.69) is 5.32 Å². The Hall–Kier alpha value is -0.820. The van der Waals surface area contributed by atoms with E-state index in [1.165, 1.54) is 29.2 Å². The lowest BCUT2D eigenvalue weighted by molar-refractivity contribution is -0.128. The van der Waals surface area contributed by atoms with Crippen molar-refractivity contribution in [3.8, 4) is 0 Å². The Labute approximate surface area is 136 Å². The highest BCUT2D eigenvalue weighted by molar-refractivity contribution is 7.92. The Kier molecular flexibility index (Phi) is 6.46. The highest BCUT2D eigenvalue weighted by atomic mass is 35.5. The summed E-state index contributed by atoms with van der Waals surface area (Å²) in [6.07, 6.45) is 0.850. The first-order valence-electron chi connectivity index (χ1n) is 6.35. The molecule has 1 N–H and O–H groups in total. The number of carbonyl (C=O) groups excluding carboxylic acids is 1. The van der Waals surface area contributed by atoms with E-state index in [0.717, 1.165) is 13.0 Å². The van der Waals surface area contributed by atoms with Gasteiger partial charge in [0.2, 0.25) is 5.91 Å². The van der Waals surface area contributed by atoms with Crippen LogP contribution in [0.3, 0.4) is 0 Å². The number of benzene rings is 1. The molecule has 2 rings (SSSR count). The maximum Gasteiger partial charge on any atom is 0.238 e. The van der Waals surface area contributed by atoms with E-state index in [0.29, 0.717) is 11.6 Å². The van der Waals surface area contributed by atoms with Crippen LogP contribution in [0.15, 0.2) is 29.2 Å². The molecule has 0 saturated carbocycles. The Morgan fingerprint density at radius 1 is 1.38 bits per heavy atom. The molecular weight excluding hydrogens is 335 g/mol. The molecule has 1 aromatic carbocycles. The molecule has 0 spiro atoms. The Balaban J connectivity index is 0.00000220. The molecule has 1 unspecified atom stereocenters. The molecule has 0 aliphatic carbocycles. The third-order valence-corrected chi connectivity index (χ3v) is 5.33. The molecule has 1 aliphatic heterocycles. The van der Waals surface area contributed by atoms with Crippen LogP contribution in [-0.4, -0.2) is 51.2 Å². The van der Waals surface area contributed by atoms with E-state index in [1.807, 2.05) is 0 Å². The van der Waals surface area contributed by atoms with Crippen LogP contribution in [0.5, 0.6) is 0 Å². The minimum absolute atomic E-state index is 0. The van der Waals surface area contributed by atoms with Crippen molar-refractivity contribution in [2.24, 2.45) is 0 Å². The zero-order valence-electron chi connectivity index (χ0n) is 11.6. The lowest BCUT2D eigenvalue weighted by Gasteiger charge is -2.23. The first kappa shape index (κ1) is 18.2. The topological polar surface area (TPSA) is 66.5 Å². The van der Waals surface area contributed by atoms with Crippen molar-refractivity contribution in [2.45, 2.75) is 17.4 Å². The van der Waals surface area contributed by atoms with Crippen molar-refractivity contribution in [2.75, 3.05) is 25.9 Å². The van der Waals surface area contributed by atoms with Crippen molar-refractivity contribution in [1.29, 1.82) is 0 Å². The van der Waals surface area contributed by atoms with Gasteiger partial charge in [-0.1, -0.05) is 11.6 Å². The second-order valence-corrected chi connectivity index (χ2v) is 7.29. The van der Waals surface area contributed by atoms with Crippen molar-refractivity contribution in [3.05, 3.63) is 29.3 Å². The quantitative estimate of drug-likeness (QED) is 0.888. The normalized spacial score (nSPS) is 18.1. The summed E-state index contributed by atoms with van der Waals surface area (Å²) in [5.41, 5.74) is 0. The molecule has 8 heteroatoms. The number of nitrogens with one attached hydrogen (secondary N) is 1. The molecule has 0 radical (unpaired) electrons. The molecular formula is C13H18Cl2N2O3S. The van der Waals surface area contributed by atoms with Crippen LogP contribution in [0.2, 0.25) is 5.02 Å². The maximum absolute atomic E-state index is 12.2. The van der Waals surface area contributed by atoms with Crippen molar-refractivity contribution >= 4 is 39.8 Å². The van der Waals surface area contributed by atoms with Crippen LogP contribution in [-0.2, 0) is 14.6 Å². The van der Waals surface area contributed by atoms with Gasteiger partial charge in [0.25, 0.3) is 0 Å². The lowest BCUT2D eigenvalue weighted by atomic mass is 10.2. The van der Waals surface area contributed by atoms with Gasteiger partial charge in [0.05, 0.1) is 4.90 Å². The lowest BCUT2D eigenvalue weighted by Crippen LogP contribution is -2.41. The van der Waals surface area contributed by atoms with Gasteiger partial charge in [0.15, 0.2) is 9.84 Å². The zero-order chi connectivity index (χ0) is 14.8. The second-order valence-electron chi connectivity index (χ2n) is 4.86. The SMILES string of the molecule is CN(C(=O)CS(=O)(=O)c1ccc(Cl)cc1)C1CCNC1.Cl. The van der Waals surface area contributed by atoms with Crippen LogP contribution in [0.1, 0.15) is 6.42 Å². The van der Waals surface area contributed by atoms with E-state index in [-0.39, 0.29) is 29.3 Å². The number of nitrogens with zero attached hydrogens (tertiary/aromatic N) is 1. The monoisotopic (exact) mass is 352 g/mol. The Morgan fingerprint density at radius 3 is 2.52 bits per heavy atom. The number of hydrogen-bond acceptors (Lipinski definition) is 4. The molecule has 5 nitrogen and oxygen atoms in total. The predicted octanol–water partition coefficient (Wildman–Crippen LogP) is 1.36. The molecule has 0 bridgehead atoms. The molecule has 1 heterocycles. The van der Waals surface area contributed by atoms with Crippen molar-refractivity contribution < 1.29 is 13.2 Å². The van der Waals surface area contributed by atoms with Crippen molar-refractivity contribution in [3.63, 3.8) is 0 Å². The average molecular weight is 353 g/mol. The summed E-state index contributed by atoms with van der Waals surface area (Å²) in [4.78, 5) is 13.7. The highest BCUT2D eigenvalue weighted by Crippen LogP contribution is 2.16. The summed E-state index contributed by atoms with van der Waals surface area (Å²) in [5.74, 6) is -0.893. The molecule has 1 aromatic rings. The summed E-state index contributed by atoms with van der Waals surface area (Å²) in [6, 6.07) is 5.92. The van der Waals surface area contributed by atoms with Crippen LogP contribution in [0.25, 0.3) is 0 Å². The van der Waals surface area contributed by atoms with Gasteiger partial charge in [0, 0.05) is 24.7 Å². The first-order chi connectivity index (χ1) is 9.40. The van der Waals surface area contributed by atoms with E-state index >= 15 is 0 Å². The number of sulfone groups is 1. The summed E-state index contributed by atoms with van der Waals surface area (Å²) in [7, 11) is -1.97. The predicted molar refractivity (Wildman–Crippen MR) is 84.8 cm³/mol. The fraction of sp³-hybridized carbons (Fsp3) is 0.462. The second kappa shape index (κ2) is 7.45. The third-order valence-electron chi connectivity index (χ3n) is 3.46. The minimum Gasteiger partial charge on any atom is -0.341 e. The first-order valence-corrected chi connectivity index (χ1v) is 8.38. The van der Waals surface area contributed by atoms with Crippen molar-refractivity contribution in [1.82, 2.24) is 10.2 Å². The van der Waals surface area contributed by atoms with Gasteiger partial charge >= 0.3 is 0 Å². The zero-order valence-corrected chi connectivity index (χ0v) is 14.0. The number of hydrogen-bond donors (Lipinski definition) is 1. The summed E-state index contributed by atoms with van der Waals surface area (Å²) in [6.45, 7) is 1.56. The van der Waals surface area contributed by atoms with Crippen LogP contribution in [0, 0.1) is 0 Å². The van der Waals surface area contributed by atoms with Gasteiger partial charge in [0.1, 0.15) is 5.75 Å². The molecule has 21 heavy (non-hydrogen) atoms.